The standard InChI is InChI=1S/2C5H12O2.C3H8.4CH4/c2*1-3-6-5-7-4-2;1-3-2;;;;/h2*3-5H2,1-2H3;3H2,1-2H3;4*1H4. The lowest BCUT2D eigenvalue weighted by Gasteiger charge is -1.97. The first-order valence-electron chi connectivity index (χ1n) is 6.55. The lowest BCUT2D eigenvalue weighted by Crippen LogP contribution is -1.97. The van der Waals surface area contributed by atoms with Crippen molar-refractivity contribution in [2.45, 2.75) is 77.7 Å². The van der Waals surface area contributed by atoms with E-state index in [0.717, 1.165) is 26.4 Å². The Hall–Kier alpha value is -0.160. The Morgan fingerprint density at radius 1 is 0.429 bits per heavy atom. The SMILES string of the molecule is C.C.C.C.CCC.CCOCOCC.CCOCOCC. The summed E-state index contributed by atoms with van der Waals surface area (Å²) in [6.45, 7) is 15.8. The fourth-order valence-electron chi connectivity index (χ4n) is 0.451. The van der Waals surface area contributed by atoms with Gasteiger partial charge in [0.25, 0.3) is 0 Å². The summed E-state index contributed by atoms with van der Waals surface area (Å²) < 4.78 is 19.4. The van der Waals surface area contributed by atoms with E-state index >= 15 is 0 Å². The lowest BCUT2D eigenvalue weighted by atomic mass is 10.6. The van der Waals surface area contributed by atoms with Crippen molar-refractivity contribution < 1.29 is 18.9 Å². The molecular weight excluding hydrogens is 268 g/mol. The minimum atomic E-state index is 0. The van der Waals surface area contributed by atoms with Crippen molar-refractivity contribution in [2.24, 2.45) is 0 Å². The first-order chi connectivity index (χ1) is 8.24. The molecule has 4 heteroatoms. The minimum Gasteiger partial charge on any atom is -0.356 e. The van der Waals surface area contributed by atoms with Crippen molar-refractivity contribution in [2.75, 3.05) is 40.0 Å². The maximum absolute atomic E-state index is 4.85. The second kappa shape index (κ2) is 59.9. The van der Waals surface area contributed by atoms with Crippen LogP contribution in [0.1, 0.15) is 77.7 Å². The van der Waals surface area contributed by atoms with Crippen LogP contribution in [-0.4, -0.2) is 40.0 Å². The highest BCUT2D eigenvalue weighted by Crippen LogP contribution is 1.74. The van der Waals surface area contributed by atoms with E-state index in [1.54, 1.807) is 0 Å². The van der Waals surface area contributed by atoms with E-state index in [1.807, 2.05) is 27.7 Å². The van der Waals surface area contributed by atoms with Gasteiger partial charge in [0.05, 0.1) is 0 Å². The number of hydrogen-bond donors (Lipinski definition) is 0. The molecule has 0 aliphatic heterocycles. The molecule has 0 aromatic heterocycles. The van der Waals surface area contributed by atoms with Crippen molar-refractivity contribution in [1.82, 2.24) is 0 Å². The molecule has 0 unspecified atom stereocenters. The summed E-state index contributed by atoms with van der Waals surface area (Å²) in [6.07, 6.45) is 1.25. The van der Waals surface area contributed by atoms with E-state index in [2.05, 4.69) is 13.8 Å². The second-order valence-electron chi connectivity index (χ2n) is 2.91. The molecule has 0 aliphatic carbocycles. The topological polar surface area (TPSA) is 36.9 Å². The second-order valence-corrected chi connectivity index (χ2v) is 2.91. The molecule has 0 rings (SSSR count). The summed E-state index contributed by atoms with van der Waals surface area (Å²) in [5, 5.41) is 0. The van der Waals surface area contributed by atoms with Crippen LogP contribution in [0, 0.1) is 0 Å². The van der Waals surface area contributed by atoms with E-state index in [-0.39, 0.29) is 29.7 Å². The third-order valence-electron chi connectivity index (χ3n) is 1.15. The minimum absolute atomic E-state index is 0. The first-order valence-corrected chi connectivity index (χ1v) is 6.55. The molecule has 0 amide bonds. The zero-order chi connectivity index (χ0) is 13.8. The summed E-state index contributed by atoms with van der Waals surface area (Å²) in [5.41, 5.74) is 0. The Bertz CT molecular complexity index is 72.9. The van der Waals surface area contributed by atoms with Crippen LogP contribution in [0.3, 0.4) is 0 Å². The number of rotatable bonds is 8. The summed E-state index contributed by atoms with van der Waals surface area (Å²) in [6, 6.07) is 0. The van der Waals surface area contributed by atoms with Crippen molar-refractivity contribution in [3.8, 4) is 0 Å². The van der Waals surface area contributed by atoms with Gasteiger partial charge in [0.2, 0.25) is 0 Å². The third kappa shape index (κ3) is 103. The highest BCUT2D eigenvalue weighted by Gasteiger charge is 1.77. The molecule has 0 N–H and O–H groups in total. The van der Waals surface area contributed by atoms with E-state index in [1.165, 1.54) is 6.42 Å². The van der Waals surface area contributed by atoms with Gasteiger partial charge in [-0.05, 0) is 27.7 Å². The van der Waals surface area contributed by atoms with Gasteiger partial charge in [0.15, 0.2) is 0 Å². The highest BCUT2D eigenvalue weighted by atomic mass is 16.7. The van der Waals surface area contributed by atoms with E-state index in [0.29, 0.717) is 13.6 Å². The van der Waals surface area contributed by atoms with Crippen LogP contribution < -0.4 is 0 Å². The molecule has 0 aromatic carbocycles. The summed E-state index contributed by atoms with van der Waals surface area (Å²) >= 11 is 0. The van der Waals surface area contributed by atoms with Crippen molar-refractivity contribution >= 4 is 0 Å². The van der Waals surface area contributed by atoms with Crippen LogP contribution in [0.4, 0.5) is 0 Å². The van der Waals surface area contributed by atoms with Gasteiger partial charge in [0, 0.05) is 26.4 Å². The molecule has 4 nitrogen and oxygen atoms in total. The van der Waals surface area contributed by atoms with Gasteiger partial charge in [-0.15, -0.1) is 0 Å². The molecule has 0 aromatic rings. The van der Waals surface area contributed by atoms with Crippen LogP contribution in [0.25, 0.3) is 0 Å². The van der Waals surface area contributed by atoms with Crippen molar-refractivity contribution in [3.05, 3.63) is 0 Å². The first kappa shape index (κ1) is 42.8. The van der Waals surface area contributed by atoms with Crippen LogP contribution in [0.5, 0.6) is 0 Å². The maximum Gasteiger partial charge on any atom is 0.146 e. The largest absolute Gasteiger partial charge is 0.356 e. The fraction of sp³-hybridized carbons (Fsp3) is 1.00. The third-order valence-corrected chi connectivity index (χ3v) is 1.15. The Labute approximate surface area is 137 Å². The van der Waals surface area contributed by atoms with E-state index in [9.17, 15) is 0 Å². The predicted molar refractivity (Wildman–Crippen MR) is 99.1 cm³/mol. The molecule has 140 valence electrons. The molecule has 0 bridgehead atoms. The average molecular weight is 317 g/mol. The van der Waals surface area contributed by atoms with Crippen LogP contribution in [0.15, 0.2) is 0 Å². The predicted octanol–water partition coefficient (Wildman–Crippen LogP) is 5.99. The Morgan fingerprint density at radius 3 is 0.667 bits per heavy atom. The van der Waals surface area contributed by atoms with Crippen LogP contribution >= 0.6 is 0 Å². The quantitative estimate of drug-likeness (QED) is 0.407. The van der Waals surface area contributed by atoms with Crippen molar-refractivity contribution in [1.29, 1.82) is 0 Å². The average Bonchev–Trinajstić information content (AvgIpc) is 2.32. The lowest BCUT2D eigenvalue weighted by molar-refractivity contribution is -0.0447. The van der Waals surface area contributed by atoms with Gasteiger partial charge in [0.1, 0.15) is 13.6 Å². The van der Waals surface area contributed by atoms with E-state index < -0.39 is 0 Å². The van der Waals surface area contributed by atoms with Gasteiger partial charge in [-0.3, -0.25) is 0 Å². The normalized spacial score (nSPS) is 7.14. The summed E-state index contributed by atoms with van der Waals surface area (Å²) in [4.78, 5) is 0. The van der Waals surface area contributed by atoms with Gasteiger partial charge < -0.3 is 18.9 Å². The maximum atomic E-state index is 4.85. The number of hydrogen-bond acceptors (Lipinski definition) is 4. The number of ether oxygens (including phenoxy) is 4. The Morgan fingerprint density at radius 2 is 0.571 bits per heavy atom. The van der Waals surface area contributed by atoms with Crippen LogP contribution in [0.2, 0.25) is 0 Å². The molecule has 0 fully saturated rings. The van der Waals surface area contributed by atoms with Crippen molar-refractivity contribution in [3.63, 3.8) is 0 Å². The molecule has 0 saturated carbocycles. The molecule has 0 saturated heterocycles. The smallest absolute Gasteiger partial charge is 0.146 e. The Balaban J connectivity index is -0.0000000271. The molecule has 0 heterocycles. The monoisotopic (exact) mass is 316 g/mol. The zero-order valence-electron chi connectivity index (χ0n) is 12.6. The molecule has 0 aliphatic rings. The molecule has 0 atom stereocenters. The molecule has 0 spiro atoms. The van der Waals surface area contributed by atoms with Gasteiger partial charge in [-0.1, -0.05) is 50.0 Å². The van der Waals surface area contributed by atoms with Gasteiger partial charge >= 0.3 is 0 Å². The Kier molecular flexibility index (Phi) is 122. The fourth-order valence-corrected chi connectivity index (χ4v) is 0.451. The molecule has 0 radical (unpaired) electrons. The summed E-state index contributed by atoms with van der Waals surface area (Å²) in [5.74, 6) is 0. The van der Waals surface area contributed by atoms with Gasteiger partial charge in [-0.25, -0.2) is 0 Å². The van der Waals surface area contributed by atoms with Crippen LogP contribution in [-0.2, 0) is 18.9 Å². The highest BCUT2D eigenvalue weighted by molar-refractivity contribution is 4.08. The molecule has 21 heavy (non-hydrogen) atoms. The zero-order valence-corrected chi connectivity index (χ0v) is 12.6. The summed E-state index contributed by atoms with van der Waals surface area (Å²) in [7, 11) is 0. The van der Waals surface area contributed by atoms with Gasteiger partial charge in [-0.2, -0.15) is 0 Å². The van der Waals surface area contributed by atoms with E-state index in [4.69, 9.17) is 18.9 Å². The molecular formula is C17H48O4.